The zero-order chi connectivity index (χ0) is 14.3. The van der Waals surface area contributed by atoms with Gasteiger partial charge in [0.1, 0.15) is 0 Å². The highest BCUT2D eigenvalue weighted by Gasteiger charge is 2.42. The summed E-state index contributed by atoms with van der Waals surface area (Å²) in [6.07, 6.45) is 4.15. The van der Waals surface area contributed by atoms with E-state index in [0.29, 0.717) is 5.56 Å². The smallest absolute Gasteiger partial charge is 0.240 e. The minimum Gasteiger partial charge on any atom is -0.314 e. The number of ketones is 1. The fraction of sp³-hybridized carbons (Fsp3) is 0.500. The fourth-order valence-electron chi connectivity index (χ4n) is 3.50. The number of halogens is 1. The van der Waals surface area contributed by atoms with Crippen molar-refractivity contribution in [3.63, 3.8) is 0 Å². The van der Waals surface area contributed by atoms with Crippen molar-refractivity contribution in [1.29, 1.82) is 0 Å². The van der Waals surface area contributed by atoms with Gasteiger partial charge in [-0.1, -0.05) is 47.6 Å². The van der Waals surface area contributed by atoms with E-state index in [-0.39, 0.29) is 27.5 Å². The third kappa shape index (κ3) is 2.18. The van der Waals surface area contributed by atoms with Crippen molar-refractivity contribution in [2.45, 2.75) is 29.6 Å². The molecule has 20 heavy (non-hydrogen) atoms. The second-order valence-electron chi connectivity index (χ2n) is 5.74. The van der Waals surface area contributed by atoms with Gasteiger partial charge in [0.15, 0.2) is 5.78 Å². The number of hydrogen-bond donors (Lipinski definition) is 0. The molecule has 1 heterocycles. The number of nitrogens with zero attached hydrogens (tertiary/aromatic N) is 1. The van der Waals surface area contributed by atoms with Crippen molar-refractivity contribution in [2.75, 3.05) is 11.9 Å². The molecule has 0 aromatic heterocycles. The molecule has 3 nitrogen and oxygen atoms in total. The van der Waals surface area contributed by atoms with Crippen LogP contribution in [0.25, 0.3) is 0 Å². The van der Waals surface area contributed by atoms with Gasteiger partial charge in [0, 0.05) is 18.5 Å². The zero-order valence-corrected chi connectivity index (χ0v) is 13.7. The lowest BCUT2D eigenvalue weighted by atomic mass is 9.72. The maximum Gasteiger partial charge on any atom is 0.240 e. The van der Waals surface area contributed by atoms with Crippen molar-refractivity contribution >= 4 is 40.0 Å². The van der Waals surface area contributed by atoms with Gasteiger partial charge in [-0.3, -0.25) is 9.59 Å². The molecular formula is C16H18INO2. The molecule has 0 saturated heterocycles. The standard InChI is InChI=1S/C16H18INO2/c1-18-13-9-5-4-8-12(13)15(19)11-7-3-2-6-10(11)14(17)16(18)20/h4-5,8-11,14H,2-3,6-7H2,1H3/t10-,11+,14?/m0/s1. The Balaban J connectivity index is 2.13. The van der Waals surface area contributed by atoms with Crippen LogP contribution in [0.1, 0.15) is 36.0 Å². The van der Waals surface area contributed by atoms with Crippen LogP contribution in [0.4, 0.5) is 5.69 Å². The molecule has 106 valence electrons. The summed E-state index contributed by atoms with van der Waals surface area (Å²) in [5.41, 5.74) is 1.47. The summed E-state index contributed by atoms with van der Waals surface area (Å²) >= 11 is 2.24. The molecule has 1 aliphatic carbocycles. The largest absolute Gasteiger partial charge is 0.314 e. The lowest BCUT2D eigenvalue weighted by Crippen LogP contribution is -2.45. The summed E-state index contributed by atoms with van der Waals surface area (Å²) in [7, 11) is 1.78. The number of hydrogen-bond acceptors (Lipinski definition) is 2. The average molecular weight is 383 g/mol. The molecule has 0 radical (unpaired) electrons. The van der Waals surface area contributed by atoms with E-state index >= 15 is 0 Å². The molecule has 0 N–H and O–H groups in total. The van der Waals surface area contributed by atoms with Gasteiger partial charge >= 0.3 is 0 Å². The SMILES string of the molecule is CN1C(=O)C(I)[C@H]2CCCC[C@H]2C(=O)c2ccccc21. The van der Waals surface area contributed by atoms with Crippen LogP contribution in [0.3, 0.4) is 0 Å². The quantitative estimate of drug-likeness (QED) is 0.508. The number of fused-ring (bicyclic) bond motifs is 2. The average Bonchev–Trinajstić information content (AvgIpc) is 2.51. The van der Waals surface area contributed by atoms with E-state index in [1.807, 2.05) is 24.3 Å². The van der Waals surface area contributed by atoms with Crippen LogP contribution in [0.15, 0.2) is 24.3 Å². The third-order valence-electron chi connectivity index (χ3n) is 4.63. The van der Waals surface area contributed by atoms with Gasteiger partial charge in [0.2, 0.25) is 5.91 Å². The topological polar surface area (TPSA) is 37.4 Å². The van der Waals surface area contributed by atoms with E-state index in [1.165, 1.54) is 0 Å². The summed E-state index contributed by atoms with van der Waals surface area (Å²) in [6, 6.07) is 7.51. The molecule has 1 aromatic rings. The van der Waals surface area contributed by atoms with Crippen molar-refractivity contribution < 1.29 is 9.59 Å². The summed E-state index contributed by atoms with van der Waals surface area (Å²) in [5.74, 6) is 0.568. The highest BCUT2D eigenvalue weighted by Crippen LogP contribution is 2.41. The minimum atomic E-state index is -0.0970. The van der Waals surface area contributed by atoms with Crippen molar-refractivity contribution in [3.8, 4) is 0 Å². The van der Waals surface area contributed by atoms with E-state index in [0.717, 1.165) is 31.4 Å². The van der Waals surface area contributed by atoms with Gasteiger partial charge in [0.25, 0.3) is 0 Å². The van der Waals surface area contributed by atoms with Gasteiger partial charge in [-0.15, -0.1) is 0 Å². The Morgan fingerprint density at radius 1 is 1.15 bits per heavy atom. The summed E-state index contributed by atoms with van der Waals surface area (Å²) in [6.45, 7) is 0. The summed E-state index contributed by atoms with van der Waals surface area (Å²) in [4.78, 5) is 27.2. The summed E-state index contributed by atoms with van der Waals surface area (Å²) in [5, 5.41) is 0. The molecule has 3 atom stereocenters. The van der Waals surface area contributed by atoms with Crippen molar-refractivity contribution in [3.05, 3.63) is 29.8 Å². The molecule has 1 unspecified atom stereocenters. The zero-order valence-electron chi connectivity index (χ0n) is 11.5. The molecule has 0 bridgehead atoms. The van der Waals surface area contributed by atoms with E-state index < -0.39 is 0 Å². The monoisotopic (exact) mass is 383 g/mol. The molecule has 3 rings (SSSR count). The fourth-order valence-corrected chi connectivity index (χ4v) is 4.78. The highest BCUT2D eigenvalue weighted by molar-refractivity contribution is 14.1. The van der Waals surface area contributed by atoms with E-state index in [4.69, 9.17) is 0 Å². The number of anilines is 1. The predicted molar refractivity (Wildman–Crippen MR) is 87.4 cm³/mol. The molecule has 4 heteroatoms. The molecule has 1 saturated carbocycles. The van der Waals surface area contributed by atoms with Crippen LogP contribution < -0.4 is 4.90 Å². The predicted octanol–water partition coefficient (Wildman–Crippen LogP) is 3.46. The van der Waals surface area contributed by atoms with Crippen LogP contribution in [-0.2, 0) is 4.79 Å². The van der Waals surface area contributed by atoms with Crippen LogP contribution in [-0.4, -0.2) is 22.7 Å². The Bertz CT molecular complexity index is 557. The maximum atomic E-state index is 12.9. The second kappa shape index (κ2) is 5.47. The highest BCUT2D eigenvalue weighted by atomic mass is 127. The molecular weight excluding hydrogens is 365 g/mol. The molecule has 1 fully saturated rings. The lowest BCUT2D eigenvalue weighted by Gasteiger charge is -2.37. The first-order valence-corrected chi connectivity index (χ1v) is 8.40. The van der Waals surface area contributed by atoms with E-state index in [2.05, 4.69) is 22.6 Å². The Kier molecular flexibility index (Phi) is 3.84. The molecule has 0 spiro atoms. The first kappa shape index (κ1) is 14.0. The lowest BCUT2D eigenvalue weighted by molar-refractivity contribution is -0.118. The Labute approximate surface area is 132 Å². The van der Waals surface area contributed by atoms with Gasteiger partial charge in [-0.25, -0.2) is 0 Å². The normalized spacial score (nSPS) is 30.3. The van der Waals surface area contributed by atoms with E-state index in [1.54, 1.807) is 11.9 Å². The first-order chi connectivity index (χ1) is 9.61. The second-order valence-corrected chi connectivity index (χ2v) is 7.08. The van der Waals surface area contributed by atoms with Crippen LogP contribution in [0, 0.1) is 11.8 Å². The van der Waals surface area contributed by atoms with Gasteiger partial charge in [-0.05, 0) is 30.9 Å². The number of alkyl halides is 1. The number of para-hydroxylation sites is 1. The Morgan fingerprint density at radius 3 is 2.65 bits per heavy atom. The summed E-state index contributed by atoms with van der Waals surface area (Å²) < 4.78 is -0.0970. The third-order valence-corrected chi connectivity index (χ3v) is 6.09. The number of carbonyl (C=O) groups excluding carboxylic acids is 2. The maximum absolute atomic E-state index is 12.9. The van der Waals surface area contributed by atoms with Crippen LogP contribution >= 0.6 is 22.6 Å². The number of Topliss-reactive ketones (excluding diaryl/α,β-unsaturated/α-hetero) is 1. The number of carbonyl (C=O) groups is 2. The van der Waals surface area contributed by atoms with Gasteiger partial charge < -0.3 is 4.90 Å². The van der Waals surface area contributed by atoms with Crippen LogP contribution in [0.2, 0.25) is 0 Å². The minimum absolute atomic E-state index is 0.0180. The number of benzene rings is 1. The van der Waals surface area contributed by atoms with Crippen LogP contribution in [0.5, 0.6) is 0 Å². The number of amides is 1. The Hall–Kier alpha value is -0.910. The first-order valence-electron chi connectivity index (χ1n) is 7.16. The molecule has 2 aliphatic rings. The van der Waals surface area contributed by atoms with Crippen molar-refractivity contribution in [2.24, 2.45) is 11.8 Å². The molecule has 1 aliphatic heterocycles. The van der Waals surface area contributed by atoms with Crippen molar-refractivity contribution in [1.82, 2.24) is 0 Å². The van der Waals surface area contributed by atoms with Gasteiger partial charge in [-0.2, -0.15) is 0 Å². The molecule has 1 aromatic carbocycles. The number of rotatable bonds is 0. The Morgan fingerprint density at radius 2 is 1.85 bits per heavy atom. The molecule has 1 amide bonds. The van der Waals surface area contributed by atoms with E-state index in [9.17, 15) is 9.59 Å². The van der Waals surface area contributed by atoms with Gasteiger partial charge in [0.05, 0.1) is 9.61 Å².